The molecule has 2 rings (SSSR count). The van der Waals surface area contributed by atoms with Crippen molar-refractivity contribution in [2.45, 2.75) is 25.4 Å². The largest absolute Gasteiger partial charge is 0.376 e. The van der Waals surface area contributed by atoms with Gasteiger partial charge in [-0.1, -0.05) is 28.1 Å². The van der Waals surface area contributed by atoms with Gasteiger partial charge in [0.2, 0.25) is 5.91 Å². The van der Waals surface area contributed by atoms with Crippen molar-refractivity contribution in [2.24, 2.45) is 0 Å². The third-order valence-corrected chi connectivity index (χ3v) is 3.36. The molecule has 0 bridgehead atoms. The number of halogens is 1. The SMILES string of the molecule is O=C(Cc1ccc(Br)cc1)NC[C@@H]1CCCO1. The second-order valence-electron chi connectivity index (χ2n) is 4.24. The van der Waals surface area contributed by atoms with Crippen LogP contribution in [0, 0.1) is 0 Å². The topological polar surface area (TPSA) is 38.3 Å². The number of benzene rings is 1. The van der Waals surface area contributed by atoms with Gasteiger partial charge in [-0.2, -0.15) is 0 Å². The number of hydrogen-bond acceptors (Lipinski definition) is 2. The van der Waals surface area contributed by atoms with Gasteiger partial charge in [-0.3, -0.25) is 4.79 Å². The lowest BCUT2D eigenvalue weighted by Crippen LogP contribution is -2.32. The number of nitrogens with one attached hydrogen (secondary N) is 1. The first-order chi connectivity index (χ1) is 8.24. The van der Waals surface area contributed by atoms with Crippen molar-refractivity contribution in [3.8, 4) is 0 Å². The van der Waals surface area contributed by atoms with Crippen molar-refractivity contribution in [1.29, 1.82) is 0 Å². The highest BCUT2D eigenvalue weighted by Gasteiger charge is 2.15. The van der Waals surface area contributed by atoms with Gasteiger partial charge in [-0.05, 0) is 30.5 Å². The third kappa shape index (κ3) is 4.13. The normalized spacial score (nSPS) is 19.2. The van der Waals surface area contributed by atoms with Gasteiger partial charge >= 0.3 is 0 Å². The molecule has 0 unspecified atom stereocenters. The Kier molecular flexibility index (Phi) is 4.57. The summed E-state index contributed by atoms with van der Waals surface area (Å²) in [4.78, 5) is 11.7. The fourth-order valence-corrected chi connectivity index (χ4v) is 2.15. The molecule has 1 N–H and O–H groups in total. The highest BCUT2D eigenvalue weighted by Crippen LogP contribution is 2.12. The Morgan fingerprint density at radius 3 is 2.82 bits per heavy atom. The van der Waals surface area contributed by atoms with Crippen LogP contribution in [0.3, 0.4) is 0 Å². The maximum Gasteiger partial charge on any atom is 0.224 e. The van der Waals surface area contributed by atoms with E-state index in [2.05, 4.69) is 21.2 Å². The molecule has 1 saturated heterocycles. The maximum absolute atomic E-state index is 11.7. The minimum Gasteiger partial charge on any atom is -0.376 e. The van der Waals surface area contributed by atoms with E-state index in [1.54, 1.807) is 0 Å². The fourth-order valence-electron chi connectivity index (χ4n) is 1.88. The molecule has 1 aromatic rings. The number of carbonyl (C=O) groups excluding carboxylic acids is 1. The molecule has 0 aromatic heterocycles. The predicted molar refractivity (Wildman–Crippen MR) is 69.8 cm³/mol. The smallest absolute Gasteiger partial charge is 0.224 e. The van der Waals surface area contributed by atoms with Crippen LogP contribution in [0.5, 0.6) is 0 Å². The van der Waals surface area contributed by atoms with Crippen molar-refractivity contribution < 1.29 is 9.53 Å². The Bertz CT molecular complexity index is 372. The average Bonchev–Trinajstić information content (AvgIpc) is 2.83. The summed E-state index contributed by atoms with van der Waals surface area (Å²) in [6.45, 7) is 1.46. The van der Waals surface area contributed by atoms with E-state index in [0.29, 0.717) is 13.0 Å². The first-order valence-electron chi connectivity index (χ1n) is 5.87. The Balaban J connectivity index is 1.74. The second kappa shape index (κ2) is 6.17. The molecular weight excluding hydrogens is 282 g/mol. The number of ether oxygens (including phenoxy) is 1. The van der Waals surface area contributed by atoms with Gasteiger partial charge in [-0.25, -0.2) is 0 Å². The van der Waals surface area contributed by atoms with Crippen molar-refractivity contribution in [1.82, 2.24) is 5.32 Å². The average molecular weight is 298 g/mol. The molecule has 0 saturated carbocycles. The number of amides is 1. The molecule has 0 spiro atoms. The van der Waals surface area contributed by atoms with E-state index >= 15 is 0 Å². The summed E-state index contributed by atoms with van der Waals surface area (Å²) >= 11 is 3.37. The monoisotopic (exact) mass is 297 g/mol. The minimum atomic E-state index is 0.0582. The molecule has 0 aliphatic carbocycles. The summed E-state index contributed by atoms with van der Waals surface area (Å²) in [6.07, 6.45) is 2.80. The van der Waals surface area contributed by atoms with Crippen LogP contribution in [0.2, 0.25) is 0 Å². The van der Waals surface area contributed by atoms with Gasteiger partial charge in [0, 0.05) is 17.6 Å². The van der Waals surface area contributed by atoms with E-state index in [1.165, 1.54) is 0 Å². The molecule has 1 heterocycles. The summed E-state index contributed by atoms with van der Waals surface area (Å²) in [5, 5.41) is 2.91. The zero-order valence-corrected chi connectivity index (χ0v) is 11.2. The number of hydrogen-bond donors (Lipinski definition) is 1. The van der Waals surface area contributed by atoms with E-state index < -0.39 is 0 Å². The first-order valence-corrected chi connectivity index (χ1v) is 6.66. The molecular formula is C13H16BrNO2. The fraction of sp³-hybridized carbons (Fsp3) is 0.462. The van der Waals surface area contributed by atoms with Crippen molar-refractivity contribution >= 4 is 21.8 Å². The summed E-state index contributed by atoms with van der Waals surface area (Å²) in [7, 11) is 0. The summed E-state index contributed by atoms with van der Waals surface area (Å²) in [6, 6.07) is 7.80. The van der Waals surface area contributed by atoms with Gasteiger partial charge < -0.3 is 10.1 Å². The second-order valence-corrected chi connectivity index (χ2v) is 5.16. The van der Waals surface area contributed by atoms with Crippen LogP contribution in [0.1, 0.15) is 18.4 Å². The molecule has 1 fully saturated rings. The highest BCUT2D eigenvalue weighted by atomic mass is 79.9. The van der Waals surface area contributed by atoms with Crippen molar-refractivity contribution in [3.63, 3.8) is 0 Å². The summed E-state index contributed by atoms with van der Waals surface area (Å²) < 4.78 is 6.48. The van der Waals surface area contributed by atoms with E-state index in [1.807, 2.05) is 24.3 Å². The number of carbonyl (C=O) groups is 1. The molecule has 1 amide bonds. The van der Waals surface area contributed by atoms with E-state index in [0.717, 1.165) is 29.5 Å². The molecule has 0 radical (unpaired) electrons. The molecule has 17 heavy (non-hydrogen) atoms. The van der Waals surface area contributed by atoms with Gasteiger partial charge in [-0.15, -0.1) is 0 Å². The molecule has 1 atom stereocenters. The molecule has 1 aliphatic rings. The standard InChI is InChI=1S/C13H16BrNO2/c14-11-5-3-10(4-6-11)8-13(16)15-9-12-2-1-7-17-12/h3-6,12H,1-2,7-9H2,(H,15,16)/t12-/m0/s1. The van der Waals surface area contributed by atoms with Crippen LogP contribution in [-0.4, -0.2) is 25.2 Å². The van der Waals surface area contributed by atoms with Crippen LogP contribution in [-0.2, 0) is 16.0 Å². The lowest BCUT2D eigenvalue weighted by Gasteiger charge is -2.10. The molecule has 1 aliphatic heterocycles. The van der Waals surface area contributed by atoms with Crippen molar-refractivity contribution in [3.05, 3.63) is 34.3 Å². The molecule has 92 valence electrons. The summed E-state index contributed by atoms with van der Waals surface area (Å²) in [5.41, 5.74) is 1.03. The van der Waals surface area contributed by atoms with Gasteiger partial charge in [0.05, 0.1) is 12.5 Å². The Morgan fingerprint density at radius 1 is 1.41 bits per heavy atom. The first kappa shape index (κ1) is 12.6. The van der Waals surface area contributed by atoms with Crippen LogP contribution < -0.4 is 5.32 Å². The quantitative estimate of drug-likeness (QED) is 0.926. The van der Waals surface area contributed by atoms with Crippen LogP contribution >= 0.6 is 15.9 Å². The zero-order valence-electron chi connectivity index (χ0n) is 9.62. The van der Waals surface area contributed by atoms with Crippen LogP contribution in [0.4, 0.5) is 0 Å². The molecule has 4 heteroatoms. The van der Waals surface area contributed by atoms with Crippen molar-refractivity contribution in [2.75, 3.05) is 13.2 Å². The van der Waals surface area contributed by atoms with E-state index in [9.17, 15) is 4.79 Å². The zero-order chi connectivity index (χ0) is 12.1. The predicted octanol–water partition coefficient (Wildman–Crippen LogP) is 2.29. The van der Waals surface area contributed by atoms with E-state index in [-0.39, 0.29) is 12.0 Å². The minimum absolute atomic E-state index is 0.0582. The number of rotatable bonds is 4. The van der Waals surface area contributed by atoms with Crippen LogP contribution in [0.15, 0.2) is 28.7 Å². The molecule has 1 aromatic carbocycles. The Hall–Kier alpha value is -0.870. The lowest BCUT2D eigenvalue weighted by molar-refractivity contribution is -0.120. The maximum atomic E-state index is 11.7. The summed E-state index contributed by atoms with van der Waals surface area (Å²) in [5.74, 6) is 0.0582. The van der Waals surface area contributed by atoms with Gasteiger partial charge in [0.1, 0.15) is 0 Å². The lowest BCUT2D eigenvalue weighted by atomic mass is 10.1. The van der Waals surface area contributed by atoms with Gasteiger partial charge in [0.15, 0.2) is 0 Å². The van der Waals surface area contributed by atoms with E-state index in [4.69, 9.17) is 4.74 Å². The Morgan fingerprint density at radius 2 is 2.18 bits per heavy atom. The molecule has 3 nitrogen and oxygen atoms in total. The highest BCUT2D eigenvalue weighted by molar-refractivity contribution is 9.10. The van der Waals surface area contributed by atoms with Crippen LogP contribution in [0.25, 0.3) is 0 Å². The Labute approximate surface area is 110 Å². The third-order valence-electron chi connectivity index (χ3n) is 2.83. The van der Waals surface area contributed by atoms with Gasteiger partial charge in [0.25, 0.3) is 0 Å².